The summed E-state index contributed by atoms with van der Waals surface area (Å²) < 4.78 is 39.9. The van der Waals surface area contributed by atoms with Crippen molar-refractivity contribution in [3.8, 4) is 0 Å². The molecular formula is C28H32FN3O4S. The largest absolute Gasteiger partial charge is 0.355 e. The summed E-state index contributed by atoms with van der Waals surface area (Å²) in [5.74, 6) is -1.30. The zero-order valence-corrected chi connectivity index (χ0v) is 21.8. The first-order valence-corrected chi connectivity index (χ1v) is 13.9. The van der Waals surface area contributed by atoms with E-state index in [1.165, 1.54) is 17.0 Å². The first-order chi connectivity index (χ1) is 17.7. The Morgan fingerprint density at radius 3 is 1.92 bits per heavy atom. The molecule has 0 aliphatic rings. The highest BCUT2D eigenvalue weighted by Crippen LogP contribution is 2.17. The van der Waals surface area contributed by atoms with Crippen molar-refractivity contribution in [1.82, 2.24) is 14.5 Å². The van der Waals surface area contributed by atoms with E-state index in [-0.39, 0.29) is 25.4 Å². The van der Waals surface area contributed by atoms with E-state index in [2.05, 4.69) is 5.32 Å². The third kappa shape index (κ3) is 8.51. The fraction of sp³-hybridized carbons (Fsp3) is 0.286. The van der Waals surface area contributed by atoms with E-state index in [9.17, 15) is 22.4 Å². The molecular weight excluding hydrogens is 493 g/mol. The highest BCUT2D eigenvalue weighted by molar-refractivity contribution is 7.88. The highest BCUT2D eigenvalue weighted by Gasteiger charge is 2.32. The first-order valence-electron chi connectivity index (χ1n) is 12.0. The maximum absolute atomic E-state index is 13.8. The summed E-state index contributed by atoms with van der Waals surface area (Å²) in [5, 5.41) is 2.79. The predicted octanol–water partition coefficient (Wildman–Crippen LogP) is 3.36. The molecule has 0 fully saturated rings. The molecule has 9 heteroatoms. The molecule has 0 heterocycles. The predicted molar refractivity (Wildman–Crippen MR) is 141 cm³/mol. The third-order valence-corrected chi connectivity index (χ3v) is 7.07. The molecule has 0 saturated heterocycles. The van der Waals surface area contributed by atoms with Gasteiger partial charge < -0.3 is 10.2 Å². The Morgan fingerprint density at radius 1 is 0.838 bits per heavy atom. The van der Waals surface area contributed by atoms with Crippen molar-refractivity contribution in [2.24, 2.45) is 0 Å². The van der Waals surface area contributed by atoms with E-state index in [0.717, 1.165) is 21.7 Å². The Bertz CT molecular complexity index is 1270. The molecule has 7 nitrogen and oxygen atoms in total. The number of carbonyl (C=O) groups excluding carboxylic acids is 2. The number of rotatable bonds is 12. The van der Waals surface area contributed by atoms with Crippen molar-refractivity contribution >= 4 is 21.8 Å². The summed E-state index contributed by atoms with van der Waals surface area (Å²) in [7, 11) is -3.75. The van der Waals surface area contributed by atoms with Crippen molar-refractivity contribution in [2.45, 2.75) is 32.5 Å². The minimum Gasteiger partial charge on any atom is -0.355 e. The van der Waals surface area contributed by atoms with Crippen LogP contribution in [0.2, 0.25) is 0 Å². The maximum Gasteiger partial charge on any atom is 0.243 e. The molecule has 1 N–H and O–H groups in total. The number of amides is 2. The van der Waals surface area contributed by atoms with Gasteiger partial charge in [0.15, 0.2) is 0 Å². The van der Waals surface area contributed by atoms with Crippen LogP contribution in [0, 0.1) is 5.82 Å². The van der Waals surface area contributed by atoms with Gasteiger partial charge >= 0.3 is 0 Å². The lowest BCUT2D eigenvalue weighted by atomic mass is 10.0. The van der Waals surface area contributed by atoms with Gasteiger partial charge in [-0.05, 0) is 35.7 Å². The van der Waals surface area contributed by atoms with Crippen LogP contribution < -0.4 is 5.32 Å². The van der Waals surface area contributed by atoms with Gasteiger partial charge in [-0.2, -0.15) is 4.31 Å². The average molecular weight is 526 g/mol. The molecule has 0 aromatic heterocycles. The van der Waals surface area contributed by atoms with Crippen LogP contribution in [0.3, 0.4) is 0 Å². The van der Waals surface area contributed by atoms with Gasteiger partial charge in [0.1, 0.15) is 11.9 Å². The molecule has 0 bridgehead atoms. The van der Waals surface area contributed by atoms with E-state index >= 15 is 0 Å². The van der Waals surface area contributed by atoms with Gasteiger partial charge in [0.05, 0.1) is 12.8 Å². The van der Waals surface area contributed by atoms with Crippen LogP contribution in [0.4, 0.5) is 4.39 Å². The molecule has 196 valence electrons. The number of nitrogens with one attached hydrogen (secondary N) is 1. The summed E-state index contributed by atoms with van der Waals surface area (Å²) in [4.78, 5) is 28.4. The summed E-state index contributed by atoms with van der Waals surface area (Å²) in [5.41, 5.74) is 2.20. The molecule has 0 spiro atoms. The van der Waals surface area contributed by atoms with Crippen LogP contribution in [0.1, 0.15) is 23.6 Å². The molecule has 3 aromatic rings. The standard InChI is InChI=1S/C28H32FN3O4S/c1-3-30-28(34)26(18-22-10-6-4-7-11-22)32(20-24-14-16-25(29)17-15-24)27(33)21-31(37(2,35)36)19-23-12-8-5-9-13-23/h4-17,26H,3,18-21H2,1-2H3,(H,30,34)/t26-/m0/s1. The third-order valence-electron chi connectivity index (χ3n) is 5.87. The fourth-order valence-electron chi connectivity index (χ4n) is 3.95. The zero-order chi connectivity index (χ0) is 26.8. The summed E-state index contributed by atoms with van der Waals surface area (Å²) in [6.45, 7) is 1.73. The van der Waals surface area contributed by atoms with Gasteiger partial charge in [0.25, 0.3) is 0 Å². The van der Waals surface area contributed by atoms with E-state index in [1.807, 2.05) is 36.4 Å². The van der Waals surface area contributed by atoms with Crippen LogP contribution in [-0.2, 0) is 39.1 Å². The Morgan fingerprint density at radius 2 is 1.38 bits per heavy atom. The van der Waals surface area contributed by atoms with E-state index in [4.69, 9.17) is 0 Å². The molecule has 0 radical (unpaired) electrons. The summed E-state index contributed by atoms with van der Waals surface area (Å²) in [6, 6.07) is 23.0. The number of hydrogen-bond acceptors (Lipinski definition) is 4. The van der Waals surface area contributed by atoms with Crippen LogP contribution in [-0.4, -0.2) is 54.8 Å². The van der Waals surface area contributed by atoms with Crippen LogP contribution in [0.25, 0.3) is 0 Å². The van der Waals surface area contributed by atoms with Crippen molar-refractivity contribution in [2.75, 3.05) is 19.3 Å². The second-order valence-electron chi connectivity index (χ2n) is 8.76. The second kappa shape index (κ2) is 13.1. The smallest absolute Gasteiger partial charge is 0.243 e. The van der Waals surface area contributed by atoms with Gasteiger partial charge in [0.2, 0.25) is 21.8 Å². The van der Waals surface area contributed by atoms with Gasteiger partial charge in [-0.15, -0.1) is 0 Å². The average Bonchev–Trinajstić information content (AvgIpc) is 2.87. The maximum atomic E-state index is 13.8. The van der Waals surface area contributed by atoms with Crippen molar-refractivity contribution < 1.29 is 22.4 Å². The van der Waals surface area contributed by atoms with E-state index < -0.39 is 34.3 Å². The molecule has 0 unspecified atom stereocenters. The number of hydrogen-bond donors (Lipinski definition) is 1. The van der Waals surface area contributed by atoms with E-state index in [1.54, 1.807) is 43.3 Å². The summed E-state index contributed by atoms with van der Waals surface area (Å²) in [6.07, 6.45) is 1.29. The lowest BCUT2D eigenvalue weighted by molar-refractivity contribution is -0.141. The van der Waals surface area contributed by atoms with Gasteiger partial charge in [-0.1, -0.05) is 72.8 Å². The normalized spacial score (nSPS) is 12.2. The van der Waals surface area contributed by atoms with Gasteiger partial charge in [-0.3, -0.25) is 9.59 Å². The molecule has 3 rings (SSSR count). The SMILES string of the molecule is CCNC(=O)[C@H](Cc1ccccc1)N(Cc1ccc(F)cc1)C(=O)CN(Cc1ccccc1)S(C)(=O)=O. The zero-order valence-electron chi connectivity index (χ0n) is 21.0. The number of halogens is 1. The second-order valence-corrected chi connectivity index (χ2v) is 10.7. The minimum absolute atomic E-state index is 0.0106. The van der Waals surface area contributed by atoms with Crippen LogP contribution in [0.15, 0.2) is 84.9 Å². The lowest BCUT2D eigenvalue weighted by Gasteiger charge is -2.33. The topological polar surface area (TPSA) is 86.8 Å². The quantitative estimate of drug-likeness (QED) is 0.393. The Labute approximate surface area is 218 Å². The molecule has 0 aliphatic heterocycles. The van der Waals surface area contributed by atoms with Crippen LogP contribution in [0.5, 0.6) is 0 Å². The van der Waals surface area contributed by atoms with Crippen molar-refractivity contribution in [1.29, 1.82) is 0 Å². The molecule has 2 amide bonds. The monoisotopic (exact) mass is 525 g/mol. The number of sulfonamides is 1. The van der Waals surface area contributed by atoms with Gasteiger partial charge in [-0.25, -0.2) is 12.8 Å². The number of nitrogens with zero attached hydrogens (tertiary/aromatic N) is 2. The molecule has 0 saturated carbocycles. The van der Waals surface area contributed by atoms with Crippen molar-refractivity contribution in [3.63, 3.8) is 0 Å². The van der Waals surface area contributed by atoms with Crippen molar-refractivity contribution in [3.05, 3.63) is 107 Å². The molecule has 1 atom stereocenters. The lowest BCUT2D eigenvalue weighted by Crippen LogP contribution is -2.53. The molecule has 3 aromatic carbocycles. The molecule has 37 heavy (non-hydrogen) atoms. The Hall–Kier alpha value is -3.56. The number of carbonyl (C=O) groups is 2. The first kappa shape index (κ1) is 28.0. The highest BCUT2D eigenvalue weighted by atomic mass is 32.2. The fourth-order valence-corrected chi connectivity index (χ4v) is 4.68. The van der Waals surface area contributed by atoms with Gasteiger partial charge in [0, 0.05) is 26.1 Å². The Kier molecular flexibility index (Phi) is 9.93. The Balaban J connectivity index is 1.97. The molecule has 0 aliphatic carbocycles. The number of benzene rings is 3. The van der Waals surface area contributed by atoms with Crippen LogP contribution >= 0.6 is 0 Å². The van der Waals surface area contributed by atoms with E-state index in [0.29, 0.717) is 12.1 Å². The minimum atomic E-state index is -3.75. The summed E-state index contributed by atoms with van der Waals surface area (Å²) >= 11 is 0. The number of likely N-dealkylation sites (N-methyl/N-ethyl adjacent to an activating group) is 1.